The summed E-state index contributed by atoms with van der Waals surface area (Å²) < 4.78 is 0. The van der Waals surface area contributed by atoms with E-state index in [2.05, 4.69) is 17.6 Å². The highest BCUT2D eigenvalue weighted by molar-refractivity contribution is 5.82. The number of carboxylic acids is 1. The summed E-state index contributed by atoms with van der Waals surface area (Å²) in [5.74, 6) is -0.0561. The Bertz CT molecular complexity index is 331. The SMILES string of the molecule is CCC1CCCC(NC(=O)N[C@@H](CC(C)C)C(=O)O)C1. The molecule has 1 aliphatic rings. The molecule has 1 fully saturated rings. The fourth-order valence-corrected chi connectivity index (χ4v) is 2.87. The van der Waals surface area contributed by atoms with Crippen molar-refractivity contribution in [3.8, 4) is 0 Å². The van der Waals surface area contributed by atoms with Gasteiger partial charge in [0.05, 0.1) is 0 Å². The Morgan fingerprint density at radius 1 is 1.30 bits per heavy atom. The molecule has 0 saturated heterocycles. The molecule has 0 aromatic heterocycles. The van der Waals surface area contributed by atoms with E-state index >= 15 is 0 Å². The number of amides is 2. The molecule has 1 saturated carbocycles. The minimum Gasteiger partial charge on any atom is -0.480 e. The highest BCUT2D eigenvalue weighted by atomic mass is 16.4. The van der Waals surface area contributed by atoms with Crippen molar-refractivity contribution in [3.05, 3.63) is 0 Å². The molecule has 0 spiro atoms. The second-order valence-corrected chi connectivity index (χ2v) is 6.28. The van der Waals surface area contributed by atoms with Crippen LogP contribution in [0.2, 0.25) is 0 Å². The van der Waals surface area contributed by atoms with Gasteiger partial charge in [-0.2, -0.15) is 0 Å². The second kappa shape index (κ2) is 8.12. The number of rotatable bonds is 6. The quantitative estimate of drug-likeness (QED) is 0.701. The van der Waals surface area contributed by atoms with Crippen LogP contribution in [0, 0.1) is 11.8 Å². The van der Waals surface area contributed by atoms with E-state index in [0.29, 0.717) is 12.3 Å². The molecule has 0 bridgehead atoms. The average molecular weight is 284 g/mol. The fourth-order valence-electron chi connectivity index (χ4n) is 2.87. The third kappa shape index (κ3) is 5.80. The van der Waals surface area contributed by atoms with Crippen molar-refractivity contribution < 1.29 is 14.7 Å². The van der Waals surface area contributed by atoms with Crippen LogP contribution >= 0.6 is 0 Å². The number of carbonyl (C=O) groups excluding carboxylic acids is 1. The number of carbonyl (C=O) groups is 2. The predicted octanol–water partition coefficient (Wildman–Crippen LogP) is 2.75. The number of hydrogen-bond donors (Lipinski definition) is 3. The van der Waals surface area contributed by atoms with Crippen LogP contribution in [0.5, 0.6) is 0 Å². The molecule has 1 aliphatic carbocycles. The first kappa shape index (κ1) is 16.8. The Labute approximate surface area is 121 Å². The monoisotopic (exact) mass is 284 g/mol. The van der Waals surface area contributed by atoms with Crippen molar-refractivity contribution in [2.45, 2.75) is 71.4 Å². The molecule has 3 atom stereocenters. The summed E-state index contributed by atoms with van der Waals surface area (Å²) in [4.78, 5) is 23.0. The molecular weight excluding hydrogens is 256 g/mol. The summed E-state index contributed by atoms with van der Waals surface area (Å²) in [5.41, 5.74) is 0. The Hall–Kier alpha value is -1.26. The maximum atomic E-state index is 11.9. The minimum atomic E-state index is -0.969. The van der Waals surface area contributed by atoms with Gasteiger partial charge in [0.25, 0.3) is 0 Å². The Morgan fingerprint density at radius 2 is 2.00 bits per heavy atom. The first-order chi connectivity index (χ1) is 9.42. The zero-order chi connectivity index (χ0) is 15.1. The first-order valence-corrected chi connectivity index (χ1v) is 7.72. The molecule has 0 aliphatic heterocycles. The lowest BCUT2D eigenvalue weighted by Crippen LogP contribution is -2.50. The fraction of sp³-hybridized carbons (Fsp3) is 0.867. The van der Waals surface area contributed by atoms with Crippen molar-refractivity contribution in [2.75, 3.05) is 0 Å². The second-order valence-electron chi connectivity index (χ2n) is 6.28. The highest BCUT2D eigenvalue weighted by Gasteiger charge is 2.25. The number of aliphatic carboxylic acids is 1. The van der Waals surface area contributed by atoms with Gasteiger partial charge in [0.2, 0.25) is 0 Å². The lowest BCUT2D eigenvalue weighted by atomic mass is 9.84. The van der Waals surface area contributed by atoms with E-state index < -0.39 is 12.0 Å². The molecule has 5 heteroatoms. The number of hydrogen-bond acceptors (Lipinski definition) is 2. The Balaban J connectivity index is 2.42. The lowest BCUT2D eigenvalue weighted by molar-refractivity contribution is -0.139. The highest BCUT2D eigenvalue weighted by Crippen LogP contribution is 2.26. The molecule has 116 valence electrons. The molecule has 1 rings (SSSR count). The summed E-state index contributed by atoms with van der Waals surface area (Å²) in [7, 11) is 0. The van der Waals surface area contributed by atoms with Gasteiger partial charge in [-0.05, 0) is 31.1 Å². The van der Waals surface area contributed by atoms with Crippen LogP contribution in [-0.4, -0.2) is 29.2 Å². The lowest BCUT2D eigenvalue weighted by Gasteiger charge is -2.29. The minimum absolute atomic E-state index is 0.183. The van der Waals surface area contributed by atoms with Crippen molar-refractivity contribution in [2.24, 2.45) is 11.8 Å². The number of urea groups is 1. The summed E-state index contributed by atoms with van der Waals surface area (Å²) >= 11 is 0. The smallest absolute Gasteiger partial charge is 0.326 e. The van der Waals surface area contributed by atoms with E-state index in [1.54, 1.807) is 0 Å². The Morgan fingerprint density at radius 3 is 2.55 bits per heavy atom. The predicted molar refractivity (Wildman–Crippen MR) is 78.6 cm³/mol. The van der Waals surface area contributed by atoms with Crippen LogP contribution in [0.15, 0.2) is 0 Å². The molecule has 2 unspecified atom stereocenters. The van der Waals surface area contributed by atoms with Crippen LogP contribution in [0.3, 0.4) is 0 Å². The van der Waals surface area contributed by atoms with Gasteiger partial charge in [-0.1, -0.05) is 40.0 Å². The largest absolute Gasteiger partial charge is 0.480 e. The maximum absolute atomic E-state index is 11.9. The normalized spacial score (nSPS) is 24.2. The summed E-state index contributed by atoms with van der Waals surface area (Å²) in [6, 6.07) is -0.970. The van der Waals surface area contributed by atoms with E-state index in [0.717, 1.165) is 25.7 Å². The molecule has 0 aromatic carbocycles. The van der Waals surface area contributed by atoms with E-state index in [1.165, 1.54) is 6.42 Å². The molecule has 0 aromatic rings. The number of carboxylic acid groups (broad SMARTS) is 1. The van der Waals surface area contributed by atoms with Gasteiger partial charge in [-0.25, -0.2) is 9.59 Å². The standard InChI is InChI=1S/C15H28N2O3/c1-4-11-6-5-7-12(9-11)16-15(20)17-13(14(18)19)8-10(2)3/h10-13H,4-9H2,1-3H3,(H,18,19)(H2,16,17,20)/t11?,12?,13-/m0/s1. The maximum Gasteiger partial charge on any atom is 0.326 e. The molecule has 3 N–H and O–H groups in total. The van der Waals surface area contributed by atoms with Gasteiger partial charge >= 0.3 is 12.0 Å². The number of nitrogens with one attached hydrogen (secondary N) is 2. The topological polar surface area (TPSA) is 78.4 Å². The molecule has 5 nitrogen and oxygen atoms in total. The molecule has 0 heterocycles. The first-order valence-electron chi connectivity index (χ1n) is 7.72. The summed E-state index contributed by atoms with van der Waals surface area (Å²) in [6.07, 6.45) is 5.97. The van der Waals surface area contributed by atoms with Crippen LogP contribution in [0.1, 0.15) is 59.3 Å². The van der Waals surface area contributed by atoms with Crippen molar-refractivity contribution in [1.29, 1.82) is 0 Å². The zero-order valence-electron chi connectivity index (χ0n) is 12.8. The van der Waals surface area contributed by atoms with E-state index in [4.69, 9.17) is 5.11 Å². The van der Waals surface area contributed by atoms with E-state index in [-0.39, 0.29) is 18.0 Å². The van der Waals surface area contributed by atoms with Crippen LogP contribution in [-0.2, 0) is 4.79 Å². The van der Waals surface area contributed by atoms with E-state index in [1.807, 2.05) is 13.8 Å². The van der Waals surface area contributed by atoms with Gasteiger partial charge in [0, 0.05) is 6.04 Å². The van der Waals surface area contributed by atoms with Crippen molar-refractivity contribution >= 4 is 12.0 Å². The molecule has 20 heavy (non-hydrogen) atoms. The van der Waals surface area contributed by atoms with Crippen molar-refractivity contribution in [3.63, 3.8) is 0 Å². The van der Waals surface area contributed by atoms with Gasteiger partial charge in [-0.15, -0.1) is 0 Å². The molecule has 2 amide bonds. The third-order valence-corrected chi connectivity index (χ3v) is 4.01. The van der Waals surface area contributed by atoms with Crippen LogP contribution in [0.25, 0.3) is 0 Å². The van der Waals surface area contributed by atoms with Crippen LogP contribution < -0.4 is 10.6 Å². The zero-order valence-corrected chi connectivity index (χ0v) is 12.8. The molecular formula is C15H28N2O3. The van der Waals surface area contributed by atoms with Gasteiger partial charge in [0.1, 0.15) is 6.04 Å². The van der Waals surface area contributed by atoms with Crippen molar-refractivity contribution in [1.82, 2.24) is 10.6 Å². The van der Waals surface area contributed by atoms with Crippen LogP contribution in [0.4, 0.5) is 4.79 Å². The van der Waals surface area contributed by atoms with Gasteiger partial charge in [-0.3, -0.25) is 0 Å². The average Bonchev–Trinajstić information content (AvgIpc) is 2.37. The summed E-state index contributed by atoms with van der Waals surface area (Å²) in [6.45, 7) is 6.07. The van der Waals surface area contributed by atoms with E-state index in [9.17, 15) is 9.59 Å². The van der Waals surface area contributed by atoms with Gasteiger partial charge in [0.15, 0.2) is 0 Å². The van der Waals surface area contributed by atoms with Gasteiger partial charge < -0.3 is 15.7 Å². The summed E-state index contributed by atoms with van der Waals surface area (Å²) in [5, 5.41) is 14.6. The molecule has 0 radical (unpaired) electrons. The third-order valence-electron chi connectivity index (χ3n) is 4.01. The Kier molecular flexibility index (Phi) is 6.82.